The predicted octanol–water partition coefficient (Wildman–Crippen LogP) is 1.25. The van der Waals surface area contributed by atoms with Gasteiger partial charge in [0.1, 0.15) is 0 Å². The van der Waals surface area contributed by atoms with Crippen molar-refractivity contribution in [1.29, 1.82) is 0 Å². The second-order valence-corrected chi connectivity index (χ2v) is 4.38. The van der Waals surface area contributed by atoms with Crippen LogP contribution in [0.25, 0.3) is 0 Å². The van der Waals surface area contributed by atoms with E-state index in [4.69, 9.17) is 0 Å². The molecule has 90 valence electrons. The average Bonchev–Trinajstić information content (AvgIpc) is 2.16. The highest BCUT2D eigenvalue weighted by Gasteiger charge is 2.11. The maximum atomic E-state index is 9.39. The molecular weight excluding hydrogens is 202 g/mol. The van der Waals surface area contributed by atoms with Gasteiger partial charge in [-0.05, 0) is 19.4 Å². The molecule has 16 heavy (non-hydrogen) atoms. The Morgan fingerprint density at radius 3 is 1.94 bits per heavy atom. The van der Waals surface area contributed by atoms with Gasteiger partial charge < -0.3 is 10.2 Å². The van der Waals surface area contributed by atoms with Crippen molar-refractivity contribution in [3.63, 3.8) is 0 Å². The largest absolute Gasteiger partial charge is 0.392 e. The summed E-state index contributed by atoms with van der Waals surface area (Å²) < 4.78 is 0. The molecule has 0 spiro atoms. The molecule has 0 saturated heterocycles. The van der Waals surface area contributed by atoms with Gasteiger partial charge >= 0.3 is 0 Å². The van der Waals surface area contributed by atoms with Crippen LogP contribution in [0.15, 0.2) is 30.3 Å². The van der Waals surface area contributed by atoms with Crippen LogP contribution in [0.2, 0.25) is 0 Å². The molecule has 0 aliphatic heterocycles. The smallest absolute Gasteiger partial charge is 0.0639 e. The van der Waals surface area contributed by atoms with E-state index in [0.717, 1.165) is 6.54 Å². The Labute approximate surface area is 97.3 Å². The summed E-state index contributed by atoms with van der Waals surface area (Å²) in [5.74, 6) is 0. The summed E-state index contributed by atoms with van der Waals surface area (Å²) in [5.41, 5.74) is 1.20. The van der Waals surface area contributed by atoms with E-state index in [1.54, 1.807) is 13.8 Å². The van der Waals surface area contributed by atoms with Gasteiger partial charge in [-0.3, -0.25) is 4.90 Å². The normalized spacial score (nSPS) is 15.1. The second-order valence-electron chi connectivity index (χ2n) is 4.38. The number of hydrogen-bond donors (Lipinski definition) is 2. The van der Waals surface area contributed by atoms with Crippen molar-refractivity contribution < 1.29 is 10.2 Å². The van der Waals surface area contributed by atoms with Gasteiger partial charge in [0.25, 0.3) is 0 Å². The zero-order chi connectivity index (χ0) is 12.0. The maximum Gasteiger partial charge on any atom is 0.0639 e. The van der Waals surface area contributed by atoms with Crippen LogP contribution in [0, 0.1) is 0 Å². The Morgan fingerprint density at radius 1 is 1.00 bits per heavy atom. The molecule has 0 aliphatic rings. The SMILES string of the molecule is C[C@H](O)CN(Cc1ccccc1)C[C@H](C)O. The highest BCUT2D eigenvalue weighted by molar-refractivity contribution is 5.14. The first-order chi connectivity index (χ1) is 7.58. The first-order valence-corrected chi connectivity index (χ1v) is 5.70. The highest BCUT2D eigenvalue weighted by Crippen LogP contribution is 2.06. The molecule has 0 heterocycles. The second kappa shape index (κ2) is 6.63. The van der Waals surface area contributed by atoms with E-state index in [1.165, 1.54) is 5.56 Å². The summed E-state index contributed by atoms with van der Waals surface area (Å²) in [7, 11) is 0. The van der Waals surface area contributed by atoms with Crippen LogP contribution in [0.5, 0.6) is 0 Å². The lowest BCUT2D eigenvalue weighted by Gasteiger charge is -2.25. The predicted molar refractivity (Wildman–Crippen MR) is 65.1 cm³/mol. The minimum Gasteiger partial charge on any atom is -0.392 e. The van der Waals surface area contributed by atoms with Crippen LogP contribution in [0.4, 0.5) is 0 Å². The zero-order valence-electron chi connectivity index (χ0n) is 10.0. The Kier molecular flexibility index (Phi) is 5.46. The summed E-state index contributed by atoms with van der Waals surface area (Å²) >= 11 is 0. The molecule has 2 N–H and O–H groups in total. The topological polar surface area (TPSA) is 43.7 Å². The number of benzene rings is 1. The molecule has 0 unspecified atom stereocenters. The van der Waals surface area contributed by atoms with Crippen molar-refractivity contribution >= 4 is 0 Å². The molecule has 0 fully saturated rings. The van der Waals surface area contributed by atoms with Crippen LogP contribution in [-0.4, -0.2) is 40.4 Å². The first kappa shape index (κ1) is 13.2. The van der Waals surface area contributed by atoms with E-state index in [-0.39, 0.29) is 12.2 Å². The molecule has 0 radical (unpaired) electrons. The molecule has 1 aromatic carbocycles. The van der Waals surface area contributed by atoms with E-state index in [0.29, 0.717) is 13.1 Å². The first-order valence-electron chi connectivity index (χ1n) is 5.70. The number of aliphatic hydroxyl groups is 2. The molecule has 0 aliphatic carbocycles. The molecule has 0 bridgehead atoms. The molecule has 3 nitrogen and oxygen atoms in total. The lowest BCUT2D eigenvalue weighted by atomic mass is 10.2. The third-order valence-corrected chi connectivity index (χ3v) is 2.29. The van der Waals surface area contributed by atoms with Gasteiger partial charge in [0, 0.05) is 19.6 Å². The fourth-order valence-electron chi connectivity index (χ4n) is 1.79. The fraction of sp³-hybridized carbons (Fsp3) is 0.538. The fourth-order valence-corrected chi connectivity index (χ4v) is 1.79. The number of rotatable bonds is 6. The van der Waals surface area contributed by atoms with Crippen LogP contribution < -0.4 is 0 Å². The Bertz CT molecular complexity index is 275. The van der Waals surface area contributed by atoms with Crippen LogP contribution >= 0.6 is 0 Å². The number of aliphatic hydroxyl groups excluding tert-OH is 2. The van der Waals surface area contributed by atoms with Gasteiger partial charge in [0.2, 0.25) is 0 Å². The van der Waals surface area contributed by atoms with Gasteiger partial charge in [-0.15, -0.1) is 0 Å². The van der Waals surface area contributed by atoms with Crippen LogP contribution in [-0.2, 0) is 6.54 Å². The van der Waals surface area contributed by atoms with Gasteiger partial charge in [-0.1, -0.05) is 30.3 Å². The standard InChI is InChI=1S/C13H21NO2/c1-11(15)8-14(9-12(2)16)10-13-6-4-3-5-7-13/h3-7,11-12,15-16H,8-10H2,1-2H3/t11-,12-/m0/s1. The summed E-state index contributed by atoms with van der Waals surface area (Å²) in [6, 6.07) is 10.1. The highest BCUT2D eigenvalue weighted by atomic mass is 16.3. The summed E-state index contributed by atoms with van der Waals surface area (Å²) in [5, 5.41) is 18.8. The Hall–Kier alpha value is -0.900. The molecule has 0 aromatic heterocycles. The number of hydrogen-bond acceptors (Lipinski definition) is 3. The molecule has 3 heteroatoms. The van der Waals surface area contributed by atoms with Crippen molar-refractivity contribution in [2.45, 2.75) is 32.6 Å². The monoisotopic (exact) mass is 223 g/mol. The summed E-state index contributed by atoms with van der Waals surface area (Å²) in [6.07, 6.45) is -0.745. The minimum atomic E-state index is -0.373. The summed E-state index contributed by atoms with van der Waals surface area (Å²) in [6.45, 7) is 5.45. The molecule has 1 aromatic rings. The van der Waals surface area contributed by atoms with Gasteiger partial charge in [-0.2, -0.15) is 0 Å². The van der Waals surface area contributed by atoms with Crippen molar-refractivity contribution in [2.24, 2.45) is 0 Å². The molecule has 2 atom stereocenters. The van der Waals surface area contributed by atoms with E-state index in [2.05, 4.69) is 17.0 Å². The lowest BCUT2D eigenvalue weighted by molar-refractivity contribution is 0.0794. The average molecular weight is 223 g/mol. The van der Waals surface area contributed by atoms with E-state index in [1.807, 2.05) is 18.2 Å². The molecule has 1 rings (SSSR count). The van der Waals surface area contributed by atoms with Gasteiger partial charge in [0.05, 0.1) is 12.2 Å². The summed E-state index contributed by atoms with van der Waals surface area (Å²) in [4.78, 5) is 2.06. The molecule has 0 saturated carbocycles. The van der Waals surface area contributed by atoms with Crippen LogP contribution in [0.1, 0.15) is 19.4 Å². The lowest BCUT2D eigenvalue weighted by Crippen LogP contribution is -2.35. The van der Waals surface area contributed by atoms with Crippen molar-refractivity contribution in [3.05, 3.63) is 35.9 Å². The zero-order valence-corrected chi connectivity index (χ0v) is 10.0. The minimum absolute atomic E-state index is 0.373. The van der Waals surface area contributed by atoms with Crippen molar-refractivity contribution in [2.75, 3.05) is 13.1 Å². The third-order valence-electron chi connectivity index (χ3n) is 2.29. The third kappa shape index (κ3) is 5.26. The van der Waals surface area contributed by atoms with Gasteiger partial charge in [-0.25, -0.2) is 0 Å². The molecular formula is C13H21NO2. The number of nitrogens with zero attached hydrogens (tertiary/aromatic N) is 1. The van der Waals surface area contributed by atoms with E-state index in [9.17, 15) is 10.2 Å². The quantitative estimate of drug-likeness (QED) is 0.763. The van der Waals surface area contributed by atoms with E-state index < -0.39 is 0 Å². The van der Waals surface area contributed by atoms with Crippen molar-refractivity contribution in [3.8, 4) is 0 Å². The molecule has 0 amide bonds. The Morgan fingerprint density at radius 2 is 1.50 bits per heavy atom. The maximum absolute atomic E-state index is 9.39. The van der Waals surface area contributed by atoms with Crippen LogP contribution in [0.3, 0.4) is 0 Å². The van der Waals surface area contributed by atoms with Crippen molar-refractivity contribution in [1.82, 2.24) is 4.90 Å². The van der Waals surface area contributed by atoms with E-state index >= 15 is 0 Å². The Balaban J connectivity index is 2.56. The van der Waals surface area contributed by atoms with Gasteiger partial charge in [0.15, 0.2) is 0 Å².